The average Bonchev–Trinajstić information content (AvgIpc) is 2.30. The van der Waals surface area contributed by atoms with Crippen LogP contribution in [0.25, 0.3) is 0 Å². The summed E-state index contributed by atoms with van der Waals surface area (Å²) in [4.78, 5) is 11.8. The second-order valence-corrected chi connectivity index (χ2v) is 4.45. The molecular formula is C15H22O3. The van der Waals surface area contributed by atoms with E-state index in [2.05, 4.69) is 0 Å². The molecule has 100 valence electrons. The molecule has 0 aliphatic heterocycles. The van der Waals surface area contributed by atoms with Crippen molar-refractivity contribution < 1.29 is 14.3 Å². The minimum Gasteiger partial charge on any atom is -0.491 e. The van der Waals surface area contributed by atoms with Crippen LogP contribution in [0.5, 0.6) is 5.75 Å². The highest BCUT2D eigenvalue weighted by atomic mass is 16.5. The molecule has 18 heavy (non-hydrogen) atoms. The molecule has 0 aliphatic carbocycles. The highest BCUT2D eigenvalue weighted by molar-refractivity contribution is 5.78. The van der Waals surface area contributed by atoms with Crippen molar-refractivity contribution in [3.8, 4) is 5.75 Å². The van der Waals surface area contributed by atoms with E-state index in [-0.39, 0.29) is 18.0 Å². The lowest BCUT2D eigenvalue weighted by atomic mass is 9.96. The van der Waals surface area contributed by atoms with Crippen molar-refractivity contribution in [2.75, 3.05) is 6.61 Å². The number of ether oxygens (including phenoxy) is 2. The first-order valence-corrected chi connectivity index (χ1v) is 6.51. The van der Waals surface area contributed by atoms with Crippen molar-refractivity contribution in [3.63, 3.8) is 0 Å². The molecule has 0 amide bonds. The summed E-state index contributed by atoms with van der Waals surface area (Å²) in [6.45, 7) is 8.18. The Balaban J connectivity index is 2.88. The predicted octanol–water partition coefficient (Wildman–Crippen LogP) is 3.53. The molecule has 1 unspecified atom stereocenters. The fourth-order valence-electron chi connectivity index (χ4n) is 1.86. The molecule has 0 radical (unpaired) electrons. The first kappa shape index (κ1) is 14.6. The van der Waals surface area contributed by atoms with Crippen LogP contribution in [-0.4, -0.2) is 18.7 Å². The van der Waals surface area contributed by atoms with Crippen LogP contribution in [0, 0.1) is 0 Å². The number of carbonyl (C=O) groups is 1. The maximum absolute atomic E-state index is 11.8. The first-order valence-electron chi connectivity index (χ1n) is 6.51. The highest BCUT2D eigenvalue weighted by Crippen LogP contribution is 2.25. The number of rotatable bonds is 6. The fraction of sp³-hybridized carbons (Fsp3) is 0.533. The summed E-state index contributed by atoms with van der Waals surface area (Å²) in [7, 11) is 0. The van der Waals surface area contributed by atoms with Crippen LogP contribution < -0.4 is 4.74 Å². The molecule has 0 heterocycles. The van der Waals surface area contributed by atoms with Gasteiger partial charge in [-0.2, -0.15) is 0 Å². The van der Waals surface area contributed by atoms with Gasteiger partial charge in [0.1, 0.15) is 5.75 Å². The van der Waals surface area contributed by atoms with Crippen molar-refractivity contribution in [1.29, 1.82) is 0 Å². The first-order chi connectivity index (χ1) is 8.58. The summed E-state index contributed by atoms with van der Waals surface area (Å²) in [5.41, 5.74) is 0.953. The summed E-state index contributed by atoms with van der Waals surface area (Å²) in [5.74, 6) is 0.424. The van der Waals surface area contributed by atoms with Gasteiger partial charge in [-0.25, -0.2) is 0 Å². The van der Waals surface area contributed by atoms with Crippen LogP contribution >= 0.6 is 0 Å². The van der Waals surface area contributed by atoms with Crippen LogP contribution in [0.15, 0.2) is 24.3 Å². The molecule has 1 aromatic rings. The molecule has 1 aromatic carbocycles. The second-order valence-electron chi connectivity index (χ2n) is 4.45. The van der Waals surface area contributed by atoms with E-state index < -0.39 is 0 Å². The van der Waals surface area contributed by atoms with Crippen molar-refractivity contribution >= 4 is 5.97 Å². The zero-order valence-electron chi connectivity index (χ0n) is 11.6. The summed E-state index contributed by atoms with van der Waals surface area (Å²) in [6, 6.07) is 7.68. The quantitative estimate of drug-likeness (QED) is 0.724. The van der Waals surface area contributed by atoms with Gasteiger partial charge in [0.25, 0.3) is 0 Å². The van der Waals surface area contributed by atoms with Crippen LogP contribution in [0.1, 0.15) is 45.6 Å². The van der Waals surface area contributed by atoms with Gasteiger partial charge < -0.3 is 9.47 Å². The van der Waals surface area contributed by atoms with Gasteiger partial charge in [0, 0.05) is 0 Å². The summed E-state index contributed by atoms with van der Waals surface area (Å²) < 4.78 is 10.7. The molecule has 3 heteroatoms. The topological polar surface area (TPSA) is 35.5 Å². The molecule has 0 fully saturated rings. The molecule has 0 bridgehead atoms. The maximum atomic E-state index is 11.8. The molecule has 1 rings (SSSR count). The molecule has 3 nitrogen and oxygen atoms in total. The number of hydrogen-bond acceptors (Lipinski definition) is 3. The van der Waals surface area contributed by atoms with Gasteiger partial charge in [-0.15, -0.1) is 0 Å². The van der Waals surface area contributed by atoms with Gasteiger partial charge in [0.15, 0.2) is 0 Å². The third-order valence-electron chi connectivity index (χ3n) is 2.61. The Kier molecular flexibility index (Phi) is 5.69. The van der Waals surface area contributed by atoms with Crippen molar-refractivity contribution in [3.05, 3.63) is 29.8 Å². The van der Waals surface area contributed by atoms with E-state index >= 15 is 0 Å². The van der Waals surface area contributed by atoms with Crippen molar-refractivity contribution in [2.45, 2.75) is 46.1 Å². The van der Waals surface area contributed by atoms with Crippen molar-refractivity contribution in [2.24, 2.45) is 0 Å². The highest BCUT2D eigenvalue weighted by Gasteiger charge is 2.20. The van der Waals surface area contributed by atoms with E-state index in [0.717, 1.165) is 17.7 Å². The van der Waals surface area contributed by atoms with E-state index in [1.165, 1.54) is 0 Å². The Morgan fingerprint density at radius 1 is 1.28 bits per heavy atom. The molecule has 0 aromatic heterocycles. The van der Waals surface area contributed by atoms with Gasteiger partial charge in [0.2, 0.25) is 0 Å². The minimum atomic E-state index is -0.208. The normalized spacial score (nSPS) is 12.3. The lowest BCUT2D eigenvalue weighted by Crippen LogP contribution is -2.15. The monoisotopic (exact) mass is 250 g/mol. The van der Waals surface area contributed by atoms with E-state index in [4.69, 9.17) is 9.47 Å². The third kappa shape index (κ3) is 4.06. The van der Waals surface area contributed by atoms with Crippen LogP contribution in [0.3, 0.4) is 0 Å². The second kappa shape index (κ2) is 7.04. The zero-order valence-corrected chi connectivity index (χ0v) is 11.6. The summed E-state index contributed by atoms with van der Waals surface area (Å²) in [6.07, 6.45) is 0.854. The molecule has 1 atom stereocenters. The number of benzene rings is 1. The number of esters is 1. The molecule has 0 aliphatic rings. The van der Waals surface area contributed by atoms with Crippen molar-refractivity contribution in [1.82, 2.24) is 0 Å². The largest absolute Gasteiger partial charge is 0.491 e. The van der Waals surface area contributed by atoms with Crippen LogP contribution in [-0.2, 0) is 9.53 Å². The Morgan fingerprint density at radius 2 is 2.00 bits per heavy atom. The number of carbonyl (C=O) groups excluding carboxylic acids is 1. The average molecular weight is 250 g/mol. The zero-order chi connectivity index (χ0) is 13.5. The van der Waals surface area contributed by atoms with E-state index in [0.29, 0.717) is 6.61 Å². The Bertz CT molecular complexity index is 385. The lowest BCUT2D eigenvalue weighted by molar-refractivity contribution is -0.145. The van der Waals surface area contributed by atoms with Gasteiger partial charge in [-0.1, -0.05) is 19.1 Å². The molecule has 0 N–H and O–H groups in total. The Labute approximate surface area is 109 Å². The van der Waals surface area contributed by atoms with Crippen LogP contribution in [0.4, 0.5) is 0 Å². The third-order valence-corrected chi connectivity index (χ3v) is 2.61. The molecule has 0 saturated heterocycles. The van der Waals surface area contributed by atoms with Gasteiger partial charge >= 0.3 is 5.97 Å². The molecule has 0 spiro atoms. The van der Waals surface area contributed by atoms with E-state index in [1.54, 1.807) is 0 Å². The maximum Gasteiger partial charge on any atom is 0.313 e. The number of hydrogen-bond donors (Lipinski definition) is 0. The smallest absolute Gasteiger partial charge is 0.313 e. The van der Waals surface area contributed by atoms with Gasteiger partial charge in [0.05, 0.1) is 18.6 Å². The lowest BCUT2D eigenvalue weighted by Gasteiger charge is -2.16. The van der Waals surface area contributed by atoms with Crippen LogP contribution in [0.2, 0.25) is 0 Å². The van der Waals surface area contributed by atoms with E-state index in [1.807, 2.05) is 52.0 Å². The molecular weight excluding hydrogens is 228 g/mol. The minimum absolute atomic E-state index is 0.128. The molecule has 0 saturated carbocycles. The SMILES string of the molecule is CCOC(=O)C(CC)c1cccc(OC(C)C)c1. The fourth-order valence-corrected chi connectivity index (χ4v) is 1.86. The standard InChI is InChI=1S/C15H22O3/c1-5-14(15(16)17-6-2)12-8-7-9-13(10-12)18-11(3)4/h7-11,14H,5-6H2,1-4H3. The summed E-state index contributed by atoms with van der Waals surface area (Å²) >= 11 is 0. The summed E-state index contributed by atoms with van der Waals surface area (Å²) in [5, 5.41) is 0. The predicted molar refractivity (Wildman–Crippen MR) is 71.9 cm³/mol. The van der Waals surface area contributed by atoms with E-state index in [9.17, 15) is 4.79 Å². The van der Waals surface area contributed by atoms with Gasteiger partial charge in [-0.05, 0) is 44.9 Å². The Morgan fingerprint density at radius 3 is 2.56 bits per heavy atom. The van der Waals surface area contributed by atoms with Gasteiger partial charge in [-0.3, -0.25) is 4.79 Å². The Hall–Kier alpha value is -1.51.